The van der Waals surface area contributed by atoms with E-state index in [0.29, 0.717) is 18.9 Å². The van der Waals surface area contributed by atoms with Crippen LogP contribution in [0.3, 0.4) is 0 Å². The number of rotatable bonds is 4. The molecular formula is C8H18ClNO2. The molecule has 0 saturated heterocycles. The average molecular weight is 196 g/mol. The maximum Gasteiger partial charge on any atom is 0.305 e. The van der Waals surface area contributed by atoms with Crippen LogP contribution in [-0.2, 0) is 9.53 Å². The van der Waals surface area contributed by atoms with E-state index in [-0.39, 0.29) is 24.3 Å². The molecule has 0 spiro atoms. The van der Waals surface area contributed by atoms with Gasteiger partial charge in [-0.25, -0.2) is 0 Å². The van der Waals surface area contributed by atoms with E-state index in [2.05, 4.69) is 18.6 Å². The van der Waals surface area contributed by atoms with Crippen molar-refractivity contribution in [3.63, 3.8) is 0 Å². The van der Waals surface area contributed by atoms with Gasteiger partial charge in [0.2, 0.25) is 0 Å². The summed E-state index contributed by atoms with van der Waals surface area (Å²) in [5.41, 5.74) is 5.47. The summed E-state index contributed by atoms with van der Waals surface area (Å²) in [5.74, 6) is 0.524. The first-order valence-electron chi connectivity index (χ1n) is 3.88. The smallest absolute Gasteiger partial charge is 0.305 e. The van der Waals surface area contributed by atoms with Crippen LogP contribution in [0, 0.1) is 11.8 Å². The van der Waals surface area contributed by atoms with Crippen molar-refractivity contribution in [3.05, 3.63) is 0 Å². The lowest BCUT2D eigenvalue weighted by atomic mass is 9.93. The van der Waals surface area contributed by atoms with E-state index in [4.69, 9.17) is 5.73 Å². The van der Waals surface area contributed by atoms with Gasteiger partial charge in [0, 0.05) is 6.42 Å². The predicted octanol–water partition coefficient (Wildman–Crippen LogP) is 1.20. The molecule has 74 valence electrons. The fourth-order valence-electron chi connectivity index (χ4n) is 0.889. The van der Waals surface area contributed by atoms with Gasteiger partial charge < -0.3 is 10.5 Å². The van der Waals surface area contributed by atoms with Crippen molar-refractivity contribution in [1.29, 1.82) is 0 Å². The molecule has 1 atom stereocenters. The Morgan fingerprint density at radius 3 is 2.25 bits per heavy atom. The van der Waals surface area contributed by atoms with Crippen molar-refractivity contribution < 1.29 is 9.53 Å². The van der Waals surface area contributed by atoms with Crippen molar-refractivity contribution in [2.24, 2.45) is 17.6 Å². The Bertz CT molecular complexity index is 128. The standard InChI is InChI=1S/C8H17NO2.ClH/c1-6(2)7(5-9)4-8(10)11-3;/h6-7H,4-5,9H2,1-3H3;1H. The van der Waals surface area contributed by atoms with Gasteiger partial charge in [-0.05, 0) is 18.4 Å². The first-order valence-corrected chi connectivity index (χ1v) is 3.88. The third-order valence-electron chi connectivity index (χ3n) is 1.90. The number of methoxy groups -OCH3 is 1. The van der Waals surface area contributed by atoms with Gasteiger partial charge in [0.1, 0.15) is 0 Å². The summed E-state index contributed by atoms with van der Waals surface area (Å²) >= 11 is 0. The second-order valence-corrected chi connectivity index (χ2v) is 3.02. The third kappa shape index (κ3) is 5.38. The van der Waals surface area contributed by atoms with Crippen LogP contribution in [0.4, 0.5) is 0 Å². The topological polar surface area (TPSA) is 52.3 Å². The molecule has 2 N–H and O–H groups in total. The van der Waals surface area contributed by atoms with Crippen molar-refractivity contribution in [3.8, 4) is 0 Å². The number of hydrogen-bond donors (Lipinski definition) is 1. The van der Waals surface area contributed by atoms with Crippen LogP contribution in [0.15, 0.2) is 0 Å². The lowest BCUT2D eigenvalue weighted by Crippen LogP contribution is -2.23. The van der Waals surface area contributed by atoms with E-state index >= 15 is 0 Å². The Balaban J connectivity index is 0. The van der Waals surface area contributed by atoms with E-state index in [0.717, 1.165) is 0 Å². The largest absolute Gasteiger partial charge is 0.469 e. The fourth-order valence-corrected chi connectivity index (χ4v) is 0.889. The normalized spacial score (nSPS) is 12.1. The summed E-state index contributed by atoms with van der Waals surface area (Å²) in [5, 5.41) is 0. The summed E-state index contributed by atoms with van der Waals surface area (Å²) in [4.78, 5) is 10.8. The number of carbonyl (C=O) groups is 1. The third-order valence-corrected chi connectivity index (χ3v) is 1.90. The quantitative estimate of drug-likeness (QED) is 0.686. The average Bonchev–Trinajstić information content (AvgIpc) is 1.99. The van der Waals surface area contributed by atoms with Crippen LogP contribution in [-0.4, -0.2) is 19.6 Å². The number of carbonyl (C=O) groups excluding carboxylic acids is 1. The minimum Gasteiger partial charge on any atom is -0.469 e. The molecule has 0 heterocycles. The number of ether oxygens (including phenoxy) is 1. The van der Waals surface area contributed by atoms with E-state index in [9.17, 15) is 4.79 Å². The van der Waals surface area contributed by atoms with Crippen LogP contribution >= 0.6 is 12.4 Å². The highest BCUT2D eigenvalue weighted by Crippen LogP contribution is 2.13. The van der Waals surface area contributed by atoms with E-state index in [1.165, 1.54) is 7.11 Å². The van der Waals surface area contributed by atoms with Crippen LogP contribution in [0.1, 0.15) is 20.3 Å². The molecule has 0 aliphatic rings. The van der Waals surface area contributed by atoms with Crippen LogP contribution in [0.25, 0.3) is 0 Å². The number of hydrogen-bond acceptors (Lipinski definition) is 3. The van der Waals surface area contributed by atoms with E-state index in [1.54, 1.807) is 0 Å². The lowest BCUT2D eigenvalue weighted by molar-refractivity contribution is -0.142. The molecule has 0 amide bonds. The van der Waals surface area contributed by atoms with E-state index in [1.807, 2.05) is 0 Å². The first-order chi connectivity index (χ1) is 5.11. The zero-order chi connectivity index (χ0) is 8.85. The van der Waals surface area contributed by atoms with Gasteiger partial charge in [-0.3, -0.25) is 4.79 Å². The van der Waals surface area contributed by atoms with Crippen LogP contribution < -0.4 is 5.73 Å². The molecule has 3 nitrogen and oxygen atoms in total. The van der Waals surface area contributed by atoms with Crippen molar-refractivity contribution in [1.82, 2.24) is 0 Å². The van der Waals surface area contributed by atoms with Gasteiger partial charge >= 0.3 is 5.97 Å². The minimum atomic E-state index is -0.172. The molecule has 0 aliphatic heterocycles. The molecule has 12 heavy (non-hydrogen) atoms. The zero-order valence-corrected chi connectivity index (χ0v) is 8.69. The fraction of sp³-hybridized carbons (Fsp3) is 0.875. The predicted molar refractivity (Wildman–Crippen MR) is 51.3 cm³/mol. The minimum absolute atomic E-state index is 0. The second-order valence-electron chi connectivity index (χ2n) is 3.02. The van der Waals surface area contributed by atoms with Gasteiger partial charge in [-0.1, -0.05) is 13.8 Å². The van der Waals surface area contributed by atoms with Gasteiger partial charge in [-0.15, -0.1) is 12.4 Å². The first kappa shape index (κ1) is 14.3. The highest BCUT2D eigenvalue weighted by atomic mass is 35.5. The lowest BCUT2D eigenvalue weighted by Gasteiger charge is -2.16. The van der Waals surface area contributed by atoms with Crippen molar-refractivity contribution >= 4 is 18.4 Å². The van der Waals surface area contributed by atoms with Crippen molar-refractivity contribution in [2.45, 2.75) is 20.3 Å². The maximum atomic E-state index is 10.8. The molecule has 0 bridgehead atoms. The molecule has 1 unspecified atom stereocenters. The van der Waals surface area contributed by atoms with Crippen LogP contribution in [0.5, 0.6) is 0 Å². The monoisotopic (exact) mass is 195 g/mol. The Hall–Kier alpha value is -0.280. The molecule has 0 rings (SSSR count). The van der Waals surface area contributed by atoms with Gasteiger partial charge in [0.25, 0.3) is 0 Å². The summed E-state index contributed by atoms with van der Waals surface area (Å²) in [6.07, 6.45) is 0.435. The summed E-state index contributed by atoms with van der Waals surface area (Å²) in [6.45, 7) is 4.66. The van der Waals surface area contributed by atoms with Gasteiger partial charge in [0.05, 0.1) is 7.11 Å². The number of nitrogens with two attached hydrogens (primary N) is 1. The second kappa shape index (κ2) is 7.37. The Kier molecular flexibility index (Phi) is 8.76. The highest BCUT2D eigenvalue weighted by molar-refractivity contribution is 5.85. The number of halogens is 1. The maximum absolute atomic E-state index is 10.8. The molecule has 0 aliphatic carbocycles. The Morgan fingerprint density at radius 2 is 2.00 bits per heavy atom. The summed E-state index contributed by atoms with van der Waals surface area (Å²) in [6, 6.07) is 0. The Labute approximate surface area is 80.1 Å². The zero-order valence-electron chi connectivity index (χ0n) is 7.87. The van der Waals surface area contributed by atoms with E-state index < -0.39 is 0 Å². The highest BCUT2D eigenvalue weighted by Gasteiger charge is 2.15. The molecule has 0 aromatic rings. The van der Waals surface area contributed by atoms with Gasteiger partial charge in [0.15, 0.2) is 0 Å². The Morgan fingerprint density at radius 1 is 1.50 bits per heavy atom. The molecule has 0 aromatic heterocycles. The molecule has 0 fully saturated rings. The molecule has 0 radical (unpaired) electrons. The van der Waals surface area contributed by atoms with Crippen LogP contribution in [0.2, 0.25) is 0 Å². The van der Waals surface area contributed by atoms with Gasteiger partial charge in [-0.2, -0.15) is 0 Å². The molecule has 0 aromatic carbocycles. The van der Waals surface area contributed by atoms with Crippen molar-refractivity contribution in [2.75, 3.05) is 13.7 Å². The molecule has 0 saturated carbocycles. The molecular weight excluding hydrogens is 178 g/mol. The summed E-state index contributed by atoms with van der Waals surface area (Å²) < 4.78 is 4.54. The SMILES string of the molecule is COC(=O)CC(CN)C(C)C.Cl. The summed E-state index contributed by atoms with van der Waals surface area (Å²) in [7, 11) is 1.40. The number of esters is 1. The molecule has 4 heteroatoms.